The Labute approximate surface area is 168 Å². The quantitative estimate of drug-likeness (QED) is 0.408. The van der Waals surface area contributed by atoms with E-state index in [9.17, 15) is 9.90 Å². The molecule has 3 heteroatoms. The number of fused-ring (bicyclic) bond motifs is 1. The Hall–Kier alpha value is -2.42. The van der Waals surface area contributed by atoms with E-state index in [0.29, 0.717) is 31.4 Å². The van der Waals surface area contributed by atoms with Crippen LogP contribution >= 0.6 is 0 Å². The predicted octanol–water partition coefficient (Wildman–Crippen LogP) is 6.36. The highest BCUT2D eigenvalue weighted by Gasteiger charge is 2.25. The summed E-state index contributed by atoms with van der Waals surface area (Å²) in [6.45, 7) is 2.93. The molecule has 0 aliphatic heterocycles. The van der Waals surface area contributed by atoms with Gasteiger partial charge < -0.3 is 5.11 Å². The lowest BCUT2D eigenvalue weighted by molar-refractivity contribution is -0.115. The third-order valence-corrected chi connectivity index (χ3v) is 5.48. The SMILES string of the molecule is CCCCCCCN=C(Cc1cccc2ccccc12)C1=C(O)CCCC1=O. The van der Waals surface area contributed by atoms with Crippen molar-refractivity contribution in [2.75, 3.05) is 6.54 Å². The maximum absolute atomic E-state index is 12.6. The molecule has 0 radical (unpaired) electrons. The highest BCUT2D eigenvalue weighted by molar-refractivity contribution is 6.24. The molecular weight excluding hydrogens is 346 g/mol. The van der Waals surface area contributed by atoms with Crippen molar-refractivity contribution in [3.8, 4) is 0 Å². The number of allylic oxidation sites excluding steroid dienone is 2. The number of benzene rings is 2. The molecule has 2 aromatic rings. The predicted molar refractivity (Wildman–Crippen MR) is 117 cm³/mol. The molecule has 0 atom stereocenters. The number of Topliss-reactive ketones (excluding diaryl/α,β-unsaturated/α-hetero) is 1. The molecule has 1 aliphatic rings. The molecule has 0 fully saturated rings. The molecule has 28 heavy (non-hydrogen) atoms. The number of hydrogen-bond donors (Lipinski definition) is 1. The van der Waals surface area contributed by atoms with E-state index in [1.54, 1.807) is 0 Å². The van der Waals surface area contributed by atoms with Crippen LogP contribution in [0.15, 0.2) is 58.8 Å². The molecule has 3 rings (SSSR count). The van der Waals surface area contributed by atoms with Gasteiger partial charge in [-0.3, -0.25) is 9.79 Å². The van der Waals surface area contributed by atoms with Crippen molar-refractivity contribution in [3.63, 3.8) is 0 Å². The average Bonchev–Trinajstić information content (AvgIpc) is 2.70. The molecule has 0 unspecified atom stereocenters. The fourth-order valence-corrected chi connectivity index (χ4v) is 3.93. The van der Waals surface area contributed by atoms with Gasteiger partial charge in [0.2, 0.25) is 0 Å². The highest BCUT2D eigenvalue weighted by Crippen LogP contribution is 2.25. The molecule has 2 aromatic carbocycles. The van der Waals surface area contributed by atoms with Gasteiger partial charge in [0.1, 0.15) is 5.76 Å². The van der Waals surface area contributed by atoms with Gasteiger partial charge >= 0.3 is 0 Å². The Morgan fingerprint density at radius 3 is 2.61 bits per heavy atom. The zero-order chi connectivity index (χ0) is 19.8. The number of carbonyl (C=O) groups is 1. The molecule has 1 N–H and O–H groups in total. The van der Waals surface area contributed by atoms with Crippen LogP contribution in [-0.2, 0) is 11.2 Å². The highest BCUT2D eigenvalue weighted by atomic mass is 16.3. The first-order valence-corrected chi connectivity index (χ1v) is 10.7. The minimum Gasteiger partial charge on any atom is -0.511 e. The molecule has 0 spiro atoms. The smallest absolute Gasteiger partial charge is 0.168 e. The second-order valence-electron chi connectivity index (χ2n) is 7.66. The van der Waals surface area contributed by atoms with Gasteiger partial charge in [-0.1, -0.05) is 75.1 Å². The van der Waals surface area contributed by atoms with Crippen molar-refractivity contribution in [2.24, 2.45) is 4.99 Å². The Bertz CT molecular complexity index is 874. The first-order valence-electron chi connectivity index (χ1n) is 10.7. The first-order chi connectivity index (χ1) is 13.7. The Balaban J connectivity index is 1.86. The Kier molecular flexibility index (Phi) is 7.41. The van der Waals surface area contributed by atoms with Crippen molar-refractivity contribution in [1.29, 1.82) is 0 Å². The molecule has 148 valence electrons. The van der Waals surface area contributed by atoms with Gasteiger partial charge in [0.25, 0.3) is 0 Å². The second kappa shape index (κ2) is 10.2. The molecular formula is C25H31NO2. The van der Waals surface area contributed by atoms with Crippen LogP contribution in [0.4, 0.5) is 0 Å². The fraction of sp³-hybridized carbons (Fsp3) is 0.440. The van der Waals surface area contributed by atoms with Gasteiger partial charge in [0.05, 0.1) is 11.3 Å². The largest absolute Gasteiger partial charge is 0.511 e. The number of rotatable bonds is 9. The lowest BCUT2D eigenvalue weighted by Crippen LogP contribution is -2.21. The average molecular weight is 378 g/mol. The molecule has 0 aromatic heterocycles. The number of unbranched alkanes of at least 4 members (excludes halogenated alkanes) is 4. The number of nitrogens with zero attached hydrogens (tertiary/aromatic N) is 1. The summed E-state index contributed by atoms with van der Waals surface area (Å²) < 4.78 is 0. The van der Waals surface area contributed by atoms with Gasteiger partial charge in [-0.15, -0.1) is 0 Å². The van der Waals surface area contributed by atoms with Crippen molar-refractivity contribution in [2.45, 2.75) is 64.7 Å². The van der Waals surface area contributed by atoms with Crippen LogP contribution in [0.5, 0.6) is 0 Å². The molecule has 0 bridgehead atoms. The van der Waals surface area contributed by atoms with Gasteiger partial charge in [-0.25, -0.2) is 0 Å². The third kappa shape index (κ3) is 5.09. The number of aliphatic hydroxyl groups is 1. The van der Waals surface area contributed by atoms with E-state index in [2.05, 4.69) is 37.3 Å². The summed E-state index contributed by atoms with van der Waals surface area (Å²) in [7, 11) is 0. The van der Waals surface area contributed by atoms with Crippen molar-refractivity contribution < 1.29 is 9.90 Å². The normalized spacial score (nSPS) is 15.5. The summed E-state index contributed by atoms with van der Waals surface area (Å²) >= 11 is 0. The summed E-state index contributed by atoms with van der Waals surface area (Å²) in [6, 6.07) is 14.6. The lowest BCUT2D eigenvalue weighted by atomic mass is 9.89. The Morgan fingerprint density at radius 2 is 1.79 bits per heavy atom. The van der Waals surface area contributed by atoms with Crippen LogP contribution in [0.25, 0.3) is 10.8 Å². The second-order valence-corrected chi connectivity index (χ2v) is 7.66. The summed E-state index contributed by atoms with van der Waals surface area (Å²) in [5, 5.41) is 12.8. The monoisotopic (exact) mass is 377 g/mol. The standard InChI is InChI=1S/C25H31NO2/c1-2-3-4-5-8-17-26-22(25-23(27)15-10-16-24(25)28)18-20-13-9-12-19-11-6-7-14-21(19)20/h6-7,9,11-14,27H,2-5,8,10,15-18H2,1H3. The van der Waals surface area contributed by atoms with E-state index in [1.165, 1.54) is 30.0 Å². The molecule has 0 saturated carbocycles. The molecule has 3 nitrogen and oxygen atoms in total. The fourth-order valence-electron chi connectivity index (χ4n) is 3.93. The minimum atomic E-state index is 0.0359. The topological polar surface area (TPSA) is 49.7 Å². The number of carbonyl (C=O) groups excluding carboxylic acids is 1. The van der Waals surface area contributed by atoms with Crippen LogP contribution in [0.1, 0.15) is 63.9 Å². The van der Waals surface area contributed by atoms with Crippen LogP contribution in [0.3, 0.4) is 0 Å². The number of ketones is 1. The number of aliphatic imine (C=N–C) groups is 1. The van der Waals surface area contributed by atoms with E-state index in [-0.39, 0.29) is 11.5 Å². The Morgan fingerprint density at radius 1 is 1.00 bits per heavy atom. The first kappa shape index (κ1) is 20.3. The van der Waals surface area contributed by atoms with Crippen LogP contribution in [-0.4, -0.2) is 23.1 Å². The van der Waals surface area contributed by atoms with Crippen LogP contribution in [0, 0.1) is 0 Å². The zero-order valence-electron chi connectivity index (χ0n) is 16.9. The van der Waals surface area contributed by atoms with Gasteiger partial charge in [0.15, 0.2) is 5.78 Å². The summed E-state index contributed by atoms with van der Waals surface area (Å²) in [6.07, 6.45) is 8.31. The van der Waals surface area contributed by atoms with Gasteiger partial charge in [0, 0.05) is 25.8 Å². The van der Waals surface area contributed by atoms with E-state index < -0.39 is 0 Å². The van der Waals surface area contributed by atoms with Gasteiger partial charge in [-0.2, -0.15) is 0 Å². The molecule has 1 aliphatic carbocycles. The van der Waals surface area contributed by atoms with E-state index in [4.69, 9.17) is 4.99 Å². The zero-order valence-corrected chi connectivity index (χ0v) is 16.9. The van der Waals surface area contributed by atoms with Crippen molar-refractivity contribution >= 4 is 22.3 Å². The van der Waals surface area contributed by atoms with E-state index >= 15 is 0 Å². The molecule has 0 heterocycles. The maximum atomic E-state index is 12.6. The summed E-state index contributed by atoms with van der Waals surface area (Å²) in [5.41, 5.74) is 2.39. The number of aliphatic hydroxyl groups excluding tert-OH is 1. The van der Waals surface area contributed by atoms with Gasteiger partial charge in [-0.05, 0) is 29.2 Å². The molecule has 0 saturated heterocycles. The van der Waals surface area contributed by atoms with Crippen LogP contribution in [0.2, 0.25) is 0 Å². The lowest BCUT2D eigenvalue weighted by Gasteiger charge is -2.18. The van der Waals surface area contributed by atoms with E-state index in [1.807, 2.05) is 12.1 Å². The maximum Gasteiger partial charge on any atom is 0.168 e. The van der Waals surface area contributed by atoms with Crippen molar-refractivity contribution in [3.05, 3.63) is 59.4 Å². The molecule has 0 amide bonds. The summed E-state index contributed by atoms with van der Waals surface area (Å²) in [4.78, 5) is 17.4. The van der Waals surface area contributed by atoms with E-state index in [0.717, 1.165) is 30.5 Å². The van der Waals surface area contributed by atoms with Crippen LogP contribution < -0.4 is 0 Å². The minimum absolute atomic E-state index is 0.0359. The third-order valence-electron chi connectivity index (χ3n) is 5.48. The summed E-state index contributed by atoms with van der Waals surface area (Å²) in [5.74, 6) is 0.259. The number of hydrogen-bond acceptors (Lipinski definition) is 3. The van der Waals surface area contributed by atoms with Crippen molar-refractivity contribution in [1.82, 2.24) is 0 Å².